The van der Waals surface area contributed by atoms with Gasteiger partial charge in [-0.15, -0.1) is 0 Å². The van der Waals surface area contributed by atoms with Gasteiger partial charge in [-0.25, -0.2) is 0 Å². The lowest BCUT2D eigenvalue weighted by Gasteiger charge is -2.47. The molecule has 2 saturated heterocycles. The monoisotopic (exact) mass is 396 g/mol. The molecule has 2 bridgehead atoms. The third-order valence-electron chi connectivity index (χ3n) is 7.53. The number of carbonyl (C=O) groups is 2. The number of amides is 1. The van der Waals surface area contributed by atoms with Crippen molar-refractivity contribution in [2.24, 2.45) is 11.8 Å². The number of likely N-dealkylation sites (N-methyl/N-ethyl adjacent to an activating group) is 1. The van der Waals surface area contributed by atoms with Gasteiger partial charge in [0, 0.05) is 31.7 Å². The topological polar surface area (TPSA) is 59.1 Å². The lowest BCUT2D eigenvalue weighted by Crippen LogP contribution is -2.61. The second-order valence-corrected chi connectivity index (χ2v) is 8.79. The molecule has 5 atom stereocenters. The number of benzene rings is 1. The molecule has 154 valence electrons. The van der Waals surface area contributed by atoms with Gasteiger partial charge in [-0.3, -0.25) is 9.59 Å². The van der Waals surface area contributed by atoms with Crippen molar-refractivity contribution in [3.05, 3.63) is 41.5 Å². The van der Waals surface area contributed by atoms with E-state index in [1.807, 2.05) is 29.2 Å². The Kier molecular flexibility index (Phi) is 4.42. The standard InChI is InChI=1S/C23H28N2O4/c1-4-14-12-24(2)10-9-23-17-7-5-6-8-18(17)25-20(23)16(15(14)11-19(23)26)13-29-22(28-3)21(25)27/h4-8,15-16,20,22H,9-13H2,1-3H3/t15-,16-,20-,22-,23+/m0/s1. The van der Waals surface area contributed by atoms with Gasteiger partial charge < -0.3 is 19.3 Å². The van der Waals surface area contributed by atoms with E-state index < -0.39 is 11.7 Å². The number of ketones is 1. The van der Waals surface area contributed by atoms with Gasteiger partial charge in [0.2, 0.25) is 6.29 Å². The first-order valence-electron chi connectivity index (χ1n) is 10.5. The fourth-order valence-electron chi connectivity index (χ4n) is 6.24. The van der Waals surface area contributed by atoms with E-state index in [2.05, 4.69) is 24.9 Å². The molecule has 3 fully saturated rings. The molecule has 0 aromatic heterocycles. The van der Waals surface area contributed by atoms with E-state index >= 15 is 0 Å². The van der Waals surface area contributed by atoms with E-state index in [1.165, 1.54) is 12.7 Å². The van der Waals surface area contributed by atoms with Crippen LogP contribution in [0.5, 0.6) is 0 Å². The third-order valence-corrected chi connectivity index (χ3v) is 7.53. The smallest absolute Gasteiger partial charge is 0.284 e. The van der Waals surface area contributed by atoms with Crippen LogP contribution in [-0.2, 0) is 24.5 Å². The SMILES string of the molecule is CC=C1CN(C)CC[C@]23C(=O)C[C@@H]1[C@@H]1CO[C@H](OC)C(=O)N(c4ccccc42)[C@@H]13. The fraction of sp³-hybridized carbons (Fsp3) is 0.565. The van der Waals surface area contributed by atoms with Gasteiger partial charge in [0.1, 0.15) is 5.78 Å². The van der Waals surface area contributed by atoms with E-state index in [0.717, 1.165) is 24.3 Å². The Morgan fingerprint density at radius 3 is 2.83 bits per heavy atom. The normalized spacial score (nSPS) is 38.3. The van der Waals surface area contributed by atoms with Crippen LogP contribution in [-0.4, -0.2) is 62.8 Å². The van der Waals surface area contributed by atoms with Gasteiger partial charge in [0.05, 0.1) is 18.1 Å². The average Bonchev–Trinajstić information content (AvgIpc) is 2.98. The number of para-hydroxylation sites is 1. The van der Waals surface area contributed by atoms with Gasteiger partial charge in [-0.1, -0.05) is 29.8 Å². The maximum atomic E-state index is 13.9. The molecule has 3 heterocycles. The van der Waals surface area contributed by atoms with Gasteiger partial charge in [0.25, 0.3) is 5.91 Å². The number of fused-ring (bicyclic) bond motifs is 5. The molecular formula is C23H28N2O4. The Hall–Kier alpha value is -2.02. The molecule has 5 rings (SSSR count). The van der Waals surface area contributed by atoms with Crippen molar-refractivity contribution in [2.75, 3.05) is 38.8 Å². The van der Waals surface area contributed by atoms with Crippen LogP contribution in [0.1, 0.15) is 25.3 Å². The summed E-state index contributed by atoms with van der Waals surface area (Å²) in [6.07, 6.45) is 2.44. The van der Waals surface area contributed by atoms with E-state index in [9.17, 15) is 9.59 Å². The minimum absolute atomic E-state index is 0.0573. The Morgan fingerprint density at radius 2 is 2.07 bits per heavy atom. The maximum Gasteiger partial charge on any atom is 0.284 e. The third kappa shape index (κ3) is 2.46. The van der Waals surface area contributed by atoms with Gasteiger partial charge >= 0.3 is 0 Å². The van der Waals surface area contributed by atoms with Gasteiger partial charge in [-0.2, -0.15) is 0 Å². The summed E-state index contributed by atoms with van der Waals surface area (Å²) in [5, 5.41) is 0. The highest BCUT2D eigenvalue weighted by Gasteiger charge is 2.65. The summed E-state index contributed by atoms with van der Waals surface area (Å²) in [6.45, 7) is 4.12. The van der Waals surface area contributed by atoms with Crippen molar-refractivity contribution in [1.29, 1.82) is 0 Å². The van der Waals surface area contributed by atoms with Crippen molar-refractivity contribution in [2.45, 2.75) is 37.5 Å². The molecule has 1 spiro atoms. The number of allylic oxidation sites excluding steroid dienone is 1. The van der Waals surface area contributed by atoms with Gasteiger partial charge in [-0.05, 0) is 44.5 Å². The van der Waals surface area contributed by atoms with Gasteiger partial charge in [0.15, 0.2) is 0 Å². The predicted molar refractivity (Wildman–Crippen MR) is 109 cm³/mol. The molecular weight excluding hydrogens is 368 g/mol. The van der Waals surface area contributed by atoms with Crippen LogP contribution in [0.15, 0.2) is 35.9 Å². The Labute approximate surface area is 171 Å². The Morgan fingerprint density at radius 1 is 1.28 bits per heavy atom. The number of anilines is 1. The number of carbonyl (C=O) groups excluding carboxylic acids is 2. The first kappa shape index (κ1) is 19.0. The zero-order valence-corrected chi connectivity index (χ0v) is 17.3. The summed E-state index contributed by atoms with van der Waals surface area (Å²) in [5.41, 5.74) is 2.45. The number of Topliss-reactive ketones (excluding diaryl/α,β-unsaturated/α-hetero) is 1. The molecule has 29 heavy (non-hydrogen) atoms. The summed E-state index contributed by atoms with van der Waals surface area (Å²) in [6, 6.07) is 7.72. The number of rotatable bonds is 1. The first-order chi connectivity index (χ1) is 14.0. The number of methoxy groups -OCH3 is 1. The number of ether oxygens (including phenoxy) is 2. The molecule has 1 amide bonds. The second-order valence-electron chi connectivity index (χ2n) is 8.79. The molecule has 0 radical (unpaired) electrons. The minimum atomic E-state index is -0.931. The molecule has 3 aliphatic heterocycles. The fourth-order valence-corrected chi connectivity index (χ4v) is 6.24. The molecule has 1 aromatic rings. The lowest BCUT2D eigenvalue weighted by atomic mass is 9.57. The summed E-state index contributed by atoms with van der Waals surface area (Å²) >= 11 is 0. The van der Waals surface area contributed by atoms with Crippen molar-refractivity contribution in [1.82, 2.24) is 4.90 Å². The average molecular weight is 396 g/mol. The van der Waals surface area contributed by atoms with Crippen LogP contribution in [0.3, 0.4) is 0 Å². The molecule has 6 nitrogen and oxygen atoms in total. The van der Waals surface area contributed by atoms with E-state index in [4.69, 9.17) is 9.47 Å². The van der Waals surface area contributed by atoms with E-state index in [0.29, 0.717) is 19.4 Å². The van der Waals surface area contributed by atoms with Crippen LogP contribution in [0, 0.1) is 11.8 Å². The van der Waals surface area contributed by atoms with Crippen molar-refractivity contribution in [3.63, 3.8) is 0 Å². The van der Waals surface area contributed by atoms with Crippen molar-refractivity contribution >= 4 is 17.4 Å². The summed E-state index contributed by atoms with van der Waals surface area (Å²) in [4.78, 5) is 31.5. The Bertz CT molecular complexity index is 897. The van der Waals surface area contributed by atoms with Crippen LogP contribution in [0.4, 0.5) is 5.69 Å². The van der Waals surface area contributed by atoms with Crippen molar-refractivity contribution < 1.29 is 19.1 Å². The molecule has 6 heteroatoms. The second kappa shape index (κ2) is 6.76. The molecule has 1 aliphatic carbocycles. The first-order valence-corrected chi connectivity index (χ1v) is 10.5. The van der Waals surface area contributed by atoms with Crippen LogP contribution >= 0.6 is 0 Å². The zero-order chi connectivity index (χ0) is 20.3. The molecule has 1 aromatic carbocycles. The maximum absolute atomic E-state index is 13.9. The molecule has 1 saturated carbocycles. The highest BCUT2D eigenvalue weighted by molar-refractivity contribution is 6.06. The largest absolute Gasteiger partial charge is 0.348 e. The summed E-state index contributed by atoms with van der Waals surface area (Å²) in [5.74, 6) is 0.197. The van der Waals surface area contributed by atoms with E-state index in [-0.39, 0.29) is 29.6 Å². The van der Waals surface area contributed by atoms with Crippen molar-refractivity contribution in [3.8, 4) is 0 Å². The highest BCUT2D eigenvalue weighted by Crippen LogP contribution is 2.58. The molecule has 0 unspecified atom stereocenters. The Balaban J connectivity index is 1.78. The quantitative estimate of drug-likeness (QED) is 0.681. The number of hydrogen-bond donors (Lipinski definition) is 0. The molecule has 4 aliphatic rings. The van der Waals surface area contributed by atoms with Crippen LogP contribution < -0.4 is 4.90 Å². The number of nitrogens with zero attached hydrogens (tertiary/aromatic N) is 2. The number of hydrogen-bond acceptors (Lipinski definition) is 5. The van der Waals surface area contributed by atoms with Crippen LogP contribution in [0.25, 0.3) is 0 Å². The summed E-state index contributed by atoms with van der Waals surface area (Å²) in [7, 11) is 3.62. The minimum Gasteiger partial charge on any atom is -0.348 e. The van der Waals surface area contributed by atoms with E-state index in [1.54, 1.807) is 0 Å². The predicted octanol–water partition coefficient (Wildman–Crippen LogP) is 2.13. The molecule has 0 N–H and O–H groups in total. The summed E-state index contributed by atoms with van der Waals surface area (Å²) < 4.78 is 11.4. The lowest BCUT2D eigenvalue weighted by molar-refractivity contribution is -0.162. The highest BCUT2D eigenvalue weighted by atomic mass is 16.7. The zero-order valence-electron chi connectivity index (χ0n) is 17.3. The van der Waals surface area contributed by atoms with Crippen LogP contribution in [0.2, 0.25) is 0 Å².